The molecule has 0 aliphatic carbocycles. The van der Waals surface area contributed by atoms with Crippen molar-refractivity contribution in [2.24, 2.45) is 0 Å². The Hall–Kier alpha value is -2.78. The molecule has 0 spiro atoms. The lowest BCUT2D eigenvalue weighted by Crippen LogP contribution is -2.23. The molecule has 1 heterocycles. The molecule has 0 aliphatic rings. The number of hydrogen-bond donors (Lipinski definition) is 1. The first kappa shape index (κ1) is 18.0. The highest BCUT2D eigenvalue weighted by Gasteiger charge is 2.17. The summed E-state index contributed by atoms with van der Waals surface area (Å²) in [5.41, 5.74) is 0.178. The van der Waals surface area contributed by atoms with Gasteiger partial charge in [-0.15, -0.1) is 0 Å². The molecule has 7 nitrogen and oxygen atoms in total. The van der Waals surface area contributed by atoms with Gasteiger partial charge in [-0.2, -0.15) is 4.98 Å². The van der Waals surface area contributed by atoms with E-state index in [1.807, 2.05) is 6.92 Å². The van der Waals surface area contributed by atoms with Gasteiger partial charge in [0, 0.05) is 0 Å². The van der Waals surface area contributed by atoms with E-state index in [-0.39, 0.29) is 28.7 Å². The Morgan fingerprint density at radius 2 is 1.88 bits per heavy atom. The van der Waals surface area contributed by atoms with Crippen LogP contribution in [0.4, 0.5) is 4.39 Å². The maximum atomic E-state index is 13.7. The molecule has 136 valence electrons. The number of aromatic nitrogens is 2. The fourth-order valence-electron chi connectivity index (χ4n) is 2.20. The Bertz CT molecular complexity index is 987. The molecule has 26 heavy (non-hydrogen) atoms. The molecule has 0 saturated carbocycles. The summed E-state index contributed by atoms with van der Waals surface area (Å²) in [5, 5.41) is 3.68. The van der Waals surface area contributed by atoms with Crippen LogP contribution < -0.4 is 9.46 Å². The van der Waals surface area contributed by atoms with Crippen molar-refractivity contribution in [1.29, 1.82) is 0 Å². The quantitative estimate of drug-likeness (QED) is 0.680. The largest absolute Gasteiger partial charge is 0.494 e. The molecule has 0 bridgehead atoms. The number of nitrogens with one attached hydrogen (secondary N) is 1. The molecule has 0 atom stereocenters. The molecule has 3 rings (SSSR count). The average molecular weight is 377 g/mol. The van der Waals surface area contributed by atoms with E-state index >= 15 is 0 Å². The van der Waals surface area contributed by atoms with Gasteiger partial charge < -0.3 is 9.26 Å². The third-order valence-electron chi connectivity index (χ3n) is 3.44. The Morgan fingerprint density at radius 1 is 1.15 bits per heavy atom. The monoisotopic (exact) mass is 377 g/mol. The van der Waals surface area contributed by atoms with E-state index < -0.39 is 15.8 Å². The number of halogens is 1. The molecular formula is C17H16FN3O4S. The van der Waals surface area contributed by atoms with Crippen LogP contribution in [0.5, 0.6) is 5.75 Å². The highest BCUT2D eigenvalue weighted by atomic mass is 32.2. The van der Waals surface area contributed by atoms with Crippen molar-refractivity contribution in [3.05, 3.63) is 60.2 Å². The molecule has 0 amide bonds. The maximum absolute atomic E-state index is 13.7. The summed E-state index contributed by atoms with van der Waals surface area (Å²) < 4.78 is 51.0. The van der Waals surface area contributed by atoms with Gasteiger partial charge >= 0.3 is 0 Å². The second-order valence-corrected chi connectivity index (χ2v) is 6.99. The van der Waals surface area contributed by atoms with E-state index in [0.29, 0.717) is 12.4 Å². The summed E-state index contributed by atoms with van der Waals surface area (Å²) in [5.74, 6) is 0.170. The second-order valence-electron chi connectivity index (χ2n) is 5.22. The van der Waals surface area contributed by atoms with Crippen molar-refractivity contribution in [2.45, 2.75) is 18.4 Å². The molecule has 0 saturated heterocycles. The molecule has 3 aromatic rings. The predicted octanol–water partition coefficient (Wildman–Crippen LogP) is 2.75. The van der Waals surface area contributed by atoms with Crippen molar-refractivity contribution in [1.82, 2.24) is 14.9 Å². The Balaban J connectivity index is 1.69. The van der Waals surface area contributed by atoms with Crippen molar-refractivity contribution >= 4 is 10.0 Å². The second kappa shape index (κ2) is 7.63. The molecule has 0 fully saturated rings. The van der Waals surface area contributed by atoms with Gasteiger partial charge in [0.1, 0.15) is 11.6 Å². The molecular weight excluding hydrogens is 361 g/mol. The summed E-state index contributed by atoms with van der Waals surface area (Å²) in [6, 6.07) is 12.0. The lowest BCUT2D eigenvalue weighted by molar-refractivity contribution is 0.340. The van der Waals surface area contributed by atoms with Crippen molar-refractivity contribution in [3.63, 3.8) is 0 Å². The van der Waals surface area contributed by atoms with Crippen LogP contribution in [0, 0.1) is 5.82 Å². The fourth-order valence-corrected chi connectivity index (χ4v) is 3.17. The van der Waals surface area contributed by atoms with Crippen molar-refractivity contribution < 1.29 is 22.1 Å². The summed E-state index contributed by atoms with van der Waals surface area (Å²) in [7, 11) is -3.76. The molecule has 0 radical (unpaired) electrons. The minimum absolute atomic E-state index is 0.0257. The zero-order chi connectivity index (χ0) is 18.6. The van der Waals surface area contributed by atoms with Gasteiger partial charge in [0.2, 0.25) is 21.7 Å². The highest BCUT2D eigenvalue weighted by molar-refractivity contribution is 7.89. The third-order valence-corrected chi connectivity index (χ3v) is 4.86. The fraction of sp³-hybridized carbons (Fsp3) is 0.176. The van der Waals surface area contributed by atoms with Crippen LogP contribution in [-0.4, -0.2) is 25.2 Å². The topological polar surface area (TPSA) is 94.3 Å². The molecule has 0 aliphatic heterocycles. The first-order chi connectivity index (χ1) is 12.5. The van der Waals surface area contributed by atoms with E-state index in [2.05, 4.69) is 14.9 Å². The number of hydrogen-bond acceptors (Lipinski definition) is 6. The Kier molecular flexibility index (Phi) is 5.29. The zero-order valence-electron chi connectivity index (χ0n) is 13.8. The molecule has 1 N–H and O–H groups in total. The standard InChI is InChI=1S/C17H16FN3O4S/c1-2-24-12-7-9-13(10-8-12)26(22,23)19-11-16-20-17(21-25-16)14-5-3-4-6-15(14)18/h3-10,19H,2,11H2,1H3. The van der Waals surface area contributed by atoms with Crippen LogP contribution >= 0.6 is 0 Å². The van der Waals surface area contributed by atoms with Crippen LogP contribution in [0.3, 0.4) is 0 Å². The predicted molar refractivity (Wildman–Crippen MR) is 91.3 cm³/mol. The number of sulfonamides is 1. The number of ether oxygens (including phenoxy) is 1. The van der Waals surface area contributed by atoms with Gasteiger partial charge in [0.25, 0.3) is 0 Å². The summed E-state index contributed by atoms with van der Waals surface area (Å²) in [6.45, 7) is 2.12. The van der Waals surface area contributed by atoms with Crippen molar-refractivity contribution in [2.75, 3.05) is 6.61 Å². The highest BCUT2D eigenvalue weighted by Crippen LogP contribution is 2.20. The van der Waals surface area contributed by atoms with Crippen LogP contribution in [0.15, 0.2) is 57.9 Å². The van der Waals surface area contributed by atoms with Crippen LogP contribution in [0.25, 0.3) is 11.4 Å². The lowest BCUT2D eigenvalue weighted by atomic mass is 10.2. The van der Waals surface area contributed by atoms with E-state index in [1.54, 1.807) is 24.3 Å². The third kappa shape index (κ3) is 4.06. The SMILES string of the molecule is CCOc1ccc(S(=O)(=O)NCc2nc(-c3ccccc3F)no2)cc1. The normalized spacial score (nSPS) is 11.5. The van der Waals surface area contributed by atoms with Crippen LogP contribution in [0.2, 0.25) is 0 Å². The van der Waals surface area contributed by atoms with E-state index in [4.69, 9.17) is 9.26 Å². The number of benzene rings is 2. The van der Waals surface area contributed by atoms with Gasteiger partial charge in [0.15, 0.2) is 0 Å². The molecule has 0 unspecified atom stereocenters. The maximum Gasteiger partial charge on any atom is 0.242 e. The van der Waals surface area contributed by atoms with E-state index in [1.165, 1.54) is 24.3 Å². The smallest absolute Gasteiger partial charge is 0.242 e. The van der Waals surface area contributed by atoms with Gasteiger partial charge in [-0.05, 0) is 43.3 Å². The minimum atomic E-state index is -3.76. The van der Waals surface area contributed by atoms with E-state index in [0.717, 1.165) is 0 Å². The summed E-state index contributed by atoms with van der Waals surface area (Å²) >= 11 is 0. The van der Waals surface area contributed by atoms with Crippen LogP contribution in [0.1, 0.15) is 12.8 Å². The zero-order valence-corrected chi connectivity index (χ0v) is 14.7. The minimum Gasteiger partial charge on any atom is -0.494 e. The lowest BCUT2D eigenvalue weighted by Gasteiger charge is -2.06. The van der Waals surface area contributed by atoms with Gasteiger partial charge in [-0.1, -0.05) is 17.3 Å². The number of nitrogens with zero attached hydrogens (tertiary/aromatic N) is 2. The van der Waals surface area contributed by atoms with E-state index in [9.17, 15) is 12.8 Å². The van der Waals surface area contributed by atoms with Gasteiger partial charge in [-0.25, -0.2) is 17.5 Å². The van der Waals surface area contributed by atoms with Gasteiger partial charge in [-0.3, -0.25) is 0 Å². The van der Waals surface area contributed by atoms with Crippen molar-refractivity contribution in [3.8, 4) is 17.1 Å². The summed E-state index contributed by atoms with van der Waals surface area (Å²) in [6.07, 6.45) is 0. The summed E-state index contributed by atoms with van der Waals surface area (Å²) in [4.78, 5) is 4.09. The molecule has 1 aromatic heterocycles. The first-order valence-corrected chi connectivity index (χ1v) is 9.28. The first-order valence-electron chi connectivity index (χ1n) is 7.79. The Labute approximate surface area is 149 Å². The molecule has 2 aromatic carbocycles. The Morgan fingerprint density at radius 3 is 2.58 bits per heavy atom. The molecule has 9 heteroatoms. The van der Waals surface area contributed by atoms with Gasteiger partial charge in [0.05, 0.1) is 23.6 Å². The average Bonchev–Trinajstić information content (AvgIpc) is 3.10. The van der Waals surface area contributed by atoms with Crippen LogP contribution in [-0.2, 0) is 16.6 Å². The number of rotatable bonds is 7.